The molecule has 0 bridgehead atoms. The van der Waals surface area contributed by atoms with E-state index >= 15 is 0 Å². The number of nitro benzene ring substituents is 1. The van der Waals surface area contributed by atoms with E-state index in [4.69, 9.17) is 4.74 Å². The number of benzene rings is 1. The first kappa shape index (κ1) is 14.3. The number of rotatable bonds is 5. The third kappa shape index (κ3) is 2.89. The van der Waals surface area contributed by atoms with E-state index in [9.17, 15) is 14.9 Å². The smallest absolute Gasteiger partial charge is 0.333 e. The van der Waals surface area contributed by atoms with Crippen molar-refractivity contribution in [3.8, 4) is 5.75 Å². The van der Waals surface area contributed by atoms with Crippen molar-refractivity contribution in [2.24, 2.45) is 5.92 Å². The van der Waals surface area contributed by atoms with Crippen molar-refractivity contribution < 1.29 is 14.5 Å². The van der Waals surface area contributed by atoms with Crippen LogP contribution in [0.15, 0.2) is 18.2 Å². The van der Waals surface area contributed by atoms with Crippen molar-refractivity contribution in [3.05, 3.63) is 28.3 Å². The maximum atomic E-state index is 11.3. The normalized spacial score (nSPS) is 18.6. The Kier molecular flexibility index (Phi) is 4.55. The number of carbonyl (C=O) groups is 1. The summed E-state index contributed by atoms with van der Waals surface area (Å²) < 4.78 is 5.35. The Bertz CT molecular complexity index is 504. The summed E-state index contributed by atoms with van der Waals surface area (Å²) >= 11 is 0. The van der Waals surface area contributed by atoms with Gasteiger partial charge in [-0.2, -0.15) is 0 Å². The molecule has 1 aliphatic heterocycles. The summed E-state index contributed by atoms with van der Waals surface area (Å²) in [7, 11) is 0. The molecule has 1 aromatic carbocycles. The van der Waals surface area contributed by atoms with Gasteiger partial charge in [0.15, 0.2) is 5.75 Å². The highest BCUT2D eigenvalue weighted by Crippen LogP contribution is 2.38. The van der Waals surface area contributed by atoms with Crippen molar-refractivity contribution in [1.29, 1.82) is 0 Å². The maximum absolute atomic E-state index is 11.3. The molecular weight excluding hydrogens is 260 g/mol. The lowest BCUT2D eigenvalue weighted by atomic mass is 9.99. The van der Waals surface area contributed by atoms with Gasteiger partial charge < -0.3 is 14.4 Å². The summed E-state index contributed by atoms with van der Waals surface area (Å²) in [5, 5.41) is 11.3. The van der Waals surface area contributed by atoms with E-state index in [0.717, 1.165) is 25.7 Å². The highest BCUT2D eigenvalue weighted by molar-refractivity contribution is 5.70. The molecule has 0 spiro atoms. The van der Waals surface area contributed by atoms with Crippen LogP contribution < -0.4 is 9.64 Å². The SMILES string of the molecule is CCOc1cccc(N2CCCC(C=O)C2)c1[N+](=O)[O-]. The second-order valence-corrected chi connectivity index (χ2v) is 4.80. The number of hydrogen-bond donors (Lipinski definition) is 0. The molecule has 0 radical (unpaired) electrons. The number of carbonyl (C=O) groups excluding carboxylic acids is 1. The predicted octanol–water partition coefficient (Wildman–Crippen LogP) is 2.41. The monoisotopic (exact) mass is 278 g/mol. The van der Waals surface area contributed by atoms with E-state index in [1.165, 1.54) is 0 Å². The molecule has 20 heavy (non-hydrogen) atoms. The number of aldehydes is 1. The number of piperidine rings is 1. The first-order valence-corrected chi connectivity index (χ1v) is 6.77. The number of anilines is 1. The lowest BCUT2D eigenvalue weighted by molar-refractivity contribution is -0.385. The minimum atomic E-state index is -0.412. The van der Waals surface area contributed by atoms with Gasteiger partial charge in [-0.15, -0.1) is 0 Å². The van der Waals surface area contributed by atoms with Gasteiger partial charge in [-0.25, -0.2) is 0 Å². The molecule has 2 rings (SSSR count). The third-order valence-electron chi connectivity index (χ3n) is 3.45. The molecule has 1 atom stereocenters. The highest BCUT2D eigenvalue weighted by Gasteiger charge is 2.28. The Labute approximate surface area is 117 Å². The van der Waals surface area contributed by atoms with E-state index in [0.29, 0.717) is 18.8 Å². The summed E-state index contributed by atoms with van der Waals surface area (Å²) in [6.07, 6.45) is 2.64. The average molecular weight is 278 g/mol. The molecule has 1 fully saturated rings. The summed E-state index contributed by atoms with van der Waals surface area (Å²) in [6, 6.07) is 5.07. The van der Waals surface area contributed by atoms with Crippen molar-refractivity contribution in [1.82, 2.24) is 0 Å². The van der Waals surface area contributed by atoms with Gasteiger partial charge in [0.1, 0.15) is 12.0 Å². The van der Waals surface area contributed by atoms with Crippen LogP contribution in [-0.2, 0) is 4.79 Å². The summed E-state index contributed by atoms with van der Waals surface area (Å²) in [4.78, 5) is 23.8. The zero-order valence-corrected chi connectivity index (χ0v) is 11.4. The van der Waals surface area contributed by atoms with E-state index < -0.39 is 4.92 Å². The predicted molar refractivity (Wildman–Crippen MR) is 75.3 cm³/mol. The molecule has 1 unspecified atom stereocenters. The first-order chi connectivity index (χ1) is 9.67. The van der Waals surface area contributed by atoms with Gasteiger partial charge >= 0.3 is 5.69 Å². The number of nitrogens with zero attached hydrogens (tertiary/aromatic N) is 2. The van der Waals surface area contributed by atoms with Crippen LogP contribution in [0, 0.1) is 16.0 Å². The standard InChI is InChI=1S/C14H18N2O4/c1-2-20-13-7-3-6-12(14(13)16(18)19)15-8-4-5-11(9-15)10-17/h3,6-7,10-11H,2,4-5,8-9H2,1H3. The van der Waals surface area contributed by atoms with Crippen molar-refractivity contribution in [2.45, 2.75) is 19.8 Å². The van der Waals surface area contributed by atoms with Crippen LogP contribution in [0.4, 0.5) is 11.4 Å². The fraction of sp³-hybridized carbons (Fsp3) is 0.500. The van der Waals surface area contributed by atoms with E-state index in [1.807, 2.05) is 4.90 Å². The fourth-order valence-electron chi connectivity index (χ4n) is 2.56. The van der Waals surface area contributed by atoms with Gasteiger partial charge in [0.25, 0.3) is 0 Å². The Morgan fingerprint density at radius 3 is 3.00 bits per heavy atom. The lowest BCUT2D eigenvalue weighted by Gasteiger charge is -2.31. The van der Waals surface area contributed by atoms with Crippen molar-refractivity contribution >= 4 is 17.7 Å². The van der Waals surface area contributed by atoms with E-state index in [2.05, 4.69) is 0 Å². The lowest BCUT2D eigenvalue weighted by Crippen LogP contribution is -2.36. The number of ether oxygens (including phenoxy) is 1. The number of para-hydroxylation sites is 1. The first-order valence-electron chi connectivity index (χ1n) is 6.77. The molecule has 0 aliphatic carbocycles. The summed E-state index contributed by atoms with van der Waals surface area (Å²) in [5.74, 6) is 0.224. The molecule has 1 aliphatic rings. The fourth-order valence-corrected chi connectivity index (χ4v) is 2.56. The second-order valence-electron chi connectivity index (χ2n) is 4.80. The molecule has 0 saturated carbocycles. The van der Waals surface area contributed by atoms with Gasteiger partial charge in [0, 0.05) is 19.0 Å². The molecule has 0 aromatic heterocycles. The van der Waals surface area contributed by atoms with Gasteiger partial charge in [-0.3, -0.25) is 10.1 Å². The third-order valence-corrected chi connectivity index (χ3v) is 3.45. The number of hydrogen-bond acceptors (Lipinski definition) is 5. The zero-order valence-electron chi connectivity index (χ0n) is 11.4. The van der Waals surface area contributed by atoms with Gasteiger partial charge in [-0.05, 0) is 31.9 Å². The molecule has 1 heterocycles. The molecule has 108 valence electrons. The molecule has 0 amide bonds. The Morgan fingerprint density at radius 1 is 1.55 bits per heavy atom. The molecule has 0 N–H and O–H groups in total. The van der Waals surface area contributed by atoms with Crippen molar-refractivity contribution in [3.63, 3.8) is 0 Å². The Hall–Kier alpha value is -2.11. The molecular formula is C14H18N2O4. The maximum Gasteiger partial charge on any atom is 0.333 e. The quantitative estimate of drug-likeness (QED) is 0.470. The van der Waals surface area contributed by atoms with Gasteiger partial charge in [0.2, 0.25) is 0 Å². The van der Waals surface area contributed by atoms with Crippen LogP contribution in [-0.4, -0.2) is 30.9 Å². The van der Waals surface area contributed by atoms with Crippen LogP contribution in [0.1, 0.15) is 19.8 Å². The van der Waals surface area contributed by atoms with Crippen LogP contribution in [0.3, 0.4) is 0 Å². The van der Waals surface area contributed by atoms with Crippen LogP contribution in [0.25, 0.3) is 0 Å². The minimum absolute atomic E-state index is 0.0131. The topological polar surface area (TPSA) is 72.7 Å². The van der Waals surface area contributed by atoms with Crippen LogP contribution in [0.2, 0.25) is 0 Å². The zero-order chi connectivity index (χ0) is 14.5. The number of nitro groups is 1. The molecule has 1 saturated heterocycles. The summed E-state index contributed by atoms with van der Waals surface area (Å²) in [6.45, 7) is 3.42. The average Bonchev–Trinajstić information content (AvgIpc) is 2.47. The second kappa shape index (κ2) is 6.36. The van der Waals surface area contributed by atoms with Gasteiger partial charge in [0.05, 0.1) is 11.5 Å². The minimum Gasteiger partial charge on any atom is -0.487 e. The van der Waals surface area contributed by atoms with Crippen LogP contribution in [0.5, 0.6) is 5.75 Å². The van der Waals surface area contributed by atoms with E-state index in [1.54, 1.807) is 25.1 Å². The molecule has 1 aromatic rings. The largest absolute Gasteiger partial charge is 0.487 e. The molecule has 6 nitrogen and oxygen atoms in total. The summed E-state index contributed by atoms with van der Waals surface area (Å²) in [5.41, 5.74) is 0.522. The van der Waals surface area contributed by atoms with E-state index in [-0.39, 0.29) is 17.4 Å². The van der Waals surface area contributed by atoms with Crippen LogP contribution >= 0.6 is 0 Å². The van der Waals surface area contributed by atoms with Crippen molar-refractivity contribution in [2.75, 3.05) is 24.6 Å². The van der Waals surface area contributed by atoms with Gasteiger partial charge in [-0.1, -0.05) is 6.07 Å². The molecule has 6 heteroatoms. The Morgan fingerprint density at radius 2 is 2.35 bits per heavy atom. The Balaban J connectivity index is 2.37. The highest BCUT2D eigenvalue weighted by atomic mass is 16.6.